The van der Waals surface area contributed by atoms with Gasteiger partial charge in [0.1, 0.15) is 0 Å². The molecule has 90 valence electrons. The number of nitrogens with two attached hydrogens (primary N) is 1. The van der Waals surface area contributed by atoms with Gasteiger partial charge in [0.25, 0.3) is 0 Å². The number of nitrogens with zero attached hydrogens (tertiary/aromatic N) is 3. The SMILES string of the molecule is CCn1nc(CN2CC(N)C2)c2ccccc21. The minimum Gasteiger partial charge on any atom is -0.325 e. The summed E-state index contributed by atoms with van der Waals surface area (Å²) in [6, 6.07) is 8.80. The molecule has 0 saturated carbocycles. The Balaban J connectivity index is 1.93. The molecule has 2 N–H and O–H groups in total. The van der Waals surface area contributed by atoms with Crippen LogP contribution in [0, 0.1) is 0 Å². The molecule has 1 aliphatic heterocycles. The van der Waals surface area contributed by atoms with Gasteiger partial charge in [-0.2, -0.15) is 5.10 Å². The van der Waals surface area contributed by atoms with Crippen molar-refractivity contribution >= 4 is 10.9 Å². The van der Waals surface area contributed by atoms with Crippen molar-refractivity contribution in [1.29, 1.82) is 0 Å². The van der Waals surface area contributed by atoms with Crippen LogP contribution in [-0.4, -0.2) is 33.8 Å². The summed E-state index contributed by atoms with van der Waals surface area (Å²) in [6.45, 7) is 5.95. The third kappa shape index (κ3) is 1.83. The van der Waals surface area contributed by atoms with Crippen molar-refractivity contribution < 1.29 is 0 Å². The van der Waals surface area contributed by atoms with E-state index in [0.717, 1.165) is 26.2 Å². The van der Waals surface area contributed by atoms with E-state index in [1.807, 2.05) is 0 Å². The minimum absolute atomic E-state index is 0.356. The molecular weight excluding hydrogens is 212 g/mol. The third-order valence-corrected chi connectivity index (χ3v) is 3.39. The highest BCUT2D eigenvalue weighted by molar-refractivity contribution is 5.81. The molecule has 1 saturated heterocycles. The van der Waals surface area contributed by atoms with Gasteiger partial charge >= 0.3 is 0 Å². The maximum absolute atomic E-state index is 5.80. The number of para-hydroxylation sites is 1. The van der Waals surface area contributed by atoms with Crippen LogP contribution in [0.5, 0.6) is 0 Å². The first-order valence-corrected chi connectivity index (χ1v) is 6.20. The number of benzene rings is 1. The monoisotopic (exact) mass is 230 g/mol. The molecule has 1 aromatic carbocycles. The predicted molar refractivity (Wildman–Crippen MR) is 68.7 cm³/mol. The Morgan fingerprint density at radius 1 is 1.35 bits per heavy atom. The molecule has 4 nitrogen and oxygen atoms in total. The largest absolute Gasteiger partial charge is 0.325 e. The molecule has 0 spiro atoms. The van der Waals surface area contributed by atoms with Crippen LogP contribution in [0.4, 0.5) is 0 Å². The molecule has 0 bridgehead atoms. The van der Waals surface area contributed by atoms with Gasteiger partial charge in [0.2, 0.25) is 0 Å². The summed E-state index contributed by atoms with van der Waals surface area (Å²) in [5.41, 5.74) is 8.21. The topological polar surface area (TPSA) is 47.1 Å². The fourth-order valence-electron chi connectivity index (χ4n) is 2.50. The fraction of sp³-hybridized carbons (Fsp3) is 0.462. The van der Waals surface area contributed by atoms with Crippen molar-refractivity contribution in [1.82, 2.24) is 14.7 Å². The van der Waals surface area contributed by atoms with Crippen molar-refractivity contribution in [3.8, 4) is 0 Å². The highest BCUT2D eigenvalue weighted by atomic mass is 15.3. The number of aromatic nitrogens is 2. The van der Waals surface area contributed by atoms with Gasteiger partial charge in [0, 0.05) is 37.6 Å². The molecule has 17 heavy (non-hydrogen) atoms. The van der Waals surface area contributed by atoms with Crippen LogP contribution in [0.15, 0.2) is 24.3 Å². The average molecular weight is 230 g/mol. The van der Waals surface area contributed by atoms with Crippen molar-refractivity contribution in [2.45, 2.75) is 26.1 Å². The second kappa shape index (κ2) is 4.13. The molecule has 1 aliphatic rings. The molecule has 1 fully saturated rings. The van der Waals surface area contributed by atoms with Gasteiger partial charge in [-0.05, 0) is 13.0 Å². The predicted octanol–water partition coefficient (Wildman–Crippen LogP) is 1.20. The number of aryl methyl sites for hydroxylation is 1. The maximum atomic E-state index is 5.80. The number of fused-ring (bicyclic) bond motifs is 1. The Bertz CT molecular complexity index is 525. The molecule has 0 atom stereocenters. The zero-order valence-electron chi connectivity index (χ0n) is 10.1. The minimum atomic E-state index is 0.356. The molecule has 2 heterocycles. The van der Waals surface area contributed by atoms with Gasteiger partial charge < -0.3 is 5.73 Å². The molecule has 1 aromatic heterocycles. The van der Waals surface area contributed by atoms with Crippen LogP contribution in [0.1, 0.15) is 12.6 Å². The van der Waals surface area contributed by atoms with E-state index in [0.29, 0.717) is 6.04 Å². The average Bonchev–Trinajstić information content (AvgIpc) is 2.66. The van der Waals surface area contributed by atoms with E-state index < -0.39 is 0 Å². The Kier molecular flexibility index (Phi) is 2.61. The van der Waals surface area contributed by atoms with E-state index in [-0.39, 0.29) is 0 Å². The lowest BCUT2D eigenvalue weighted by Gasteiger charge is -2.36. The van der Waals surface area contributed by atoms with Gasteiger partial charge in [-0.3, -0.25) is 9.58 Å². The van der Waals surface area contributed by atoms with Gasteiger partial charge in [0.15, 0.2) is 0 Å². The maximum Gasteiger partial charge on any atom is 0.0843 e. The first-order valence-electron chi connectivity index (χ1n) is 6.20. The zero-order valence-corrected chi connectivity index (χ0v) is 10.1. The standard InChI is InChI=1S/C13H18N4/c1-2-17-13-6-4-3-5-11(13)12(15-17)9-16-7-10(14)8-16/h3-6,10H,2,7-9,14H2,1H3. The molecular formula is C13H18N4. The van der Waals surface area contributed by atoms with Crippen molar-refractivity contribution in [2.24, 2.45) is 5.73 Å². The van der Waals surface area contributed by atoms with Crippen molar-refractivity contribution in [3.05, 3.63) is 30.0 Å². The first-order chi connectivity index (χ1) is 8.28. The van der Waals surface area contributed by atoms with Crippen LogP contribution in [0.3, 0.4) is 0 Å². The highest BCUT2D eigenvalue weighted by Crippen LogP contribution is 2.21. The van der Waals surface area contributed by atoms with Gasteiger partial charge in [-0.25, -0.2) is 0 Å². The molecule has 0 amide bonds. The van der Waals surface area contributed by atoms with Crippen LogP contribution >= 0.6 is 0 Å². The third-order valence-electron chi connectivity index (χ3n) is 3.39. The van der Waals surface area contributed by atoms with Crippen LogP contribution in [-0.2, 0) is 13.1 Å². The molecule has 2 aromatic rings. The summed E-state index contributed by atoms with van der Waals surface area (Å²) in [5.74, 6) is 0. The number of likely N-dealkylation sites (tertiary alicyclic amines) is 1. The smallest absolute Gasteiger partial charge is 0.0843 e. The highest BCUT2D eigenvalue weighted by Gasteiger charge is 2.24. The van der Waals surface area contributed by atoms with E-state index >= 15 is 0 Å². The summed E-state index contributed by atoms with van der Waals surface area (Å²) in [7, 11) is 0. The second-order valence-electron chi connectivity index (χ2n) is 4.73. The zero-order chi connectivity index (χ0) is 11.8. The number of rotatable bonds is 3. The van der Waals surface area contributed by atoms with Gasteiger partial charge in [-0.15, -0.1) is 0 Å². The van der Waals surface area contributed by atoms with Crippen molar-refractivity contribution in [3.63, 3.8) is 0 Å². The van der Waals surface area contributed by atoms with Crippen LogP contribution in [0.2, 0.25) is 0 Å². The molecule has 4 heteroatoms. The Hall–Kier alpha value is -1.39. The summed E-state index contributed by atoms with van der Waals surface area (Å²) in [5, 5.41) is 5.96. The van der Waals surface area contributed by atoms with E-state index in [4.69, 9.17) is 5.73 Å². The summed E-state index contributed by atoms with van der Waals surface area (Å²) < 4.78 is 2.07. The number of hydrogen-bond acceptors (Lipinski definition) is 3. The van der Waals surface area contributed by atoms with E-state index in [9.17, 15) is 0 Å². The lowest BCUT2D eigenvalue weighted by atomic mass is 10.1. The Morgan fingerprint density at radius 2 is 2.12 bits per heavy atom. The lowest BCUT2D eigenvalue weighted by Crippen LogP contribution is -2.54. The summed E-state index contributed by atoms with van der Waals surface area (Å²) >= 11 is 0. The molecule has 0 unspecified atom stereocenters. The fourth-order valence-corrected chi connectivity index (χ4v) is 2.50. The normalized spacial score (nSPS) is 17.5. The summed E-state index contributed by atoms with van der Waals surface area (Å²) in [6.07, 6.45) is 0. The molecule has 3 rings (SSSR count). The first kappa shape index (κ1) is 10.7. The molecule has 0 aliphatic carbocycles. The van der Waals surface area contributed by atoms with E-state index in [1.165, 1.54) is 16.6 Å². The number of hydrogen-bond donors (Lipinski definition) is 1. The van der Waals surface area contributed by atoms with E-state index in [2.05, 4.69) is 45.9 Å². The van der Waals surface area contributed by atoms with Gasteiger partial charge in [-0.1, -0.05) is 18.2 Å². The van der Waals surface area contributed by atoms with Crippen LogP contribution < -0.4 is 5.73 Å². The lowest BCUT2D eigenvalue weighted by molar-refractivity contribution is 0.141. The quantitative estimate of drug-likeness (QED) is 0.862. The summed E-state index contributed by atoms with van der Waals surface area (Å²) in [4.78, 5) is 2.35. The Labute approximate surface area is 101 Å². The van der Waals surface area contributed by atoms with Gasteiger partial charge in [0.05, 0.1) is 11.2 Å². The molecule has 0 radical (unpaired) electrons. The Morgan fingerprint density at radius 3 is 2.82 bits per heavy atom. The second-order valence-corrected chi connectivity index (χ2v) is 4.73. The van der Waals surface area contributed by atoms with Crippen molar-refractivity contribution in [2.75, 3.05) is 13.1 Å². The van der Waals surface area contributed by atoms with E-state index in [1.54, 1.807) is 0 Å². The van der Waals surface area contributed by atoms with Crippen LogP contribution in [0.25, 0.3) is 10.9 Å².